The number of nitrogens with zero attached hydrogens (tertiary/aromatic N) is 1. The summed E-state index contributed by atoms with van der Waals surface area (Å²) in [6, 6.07) is 1.14. The molecule has 1 fully saturated rings. The minimum Gasteiger partial charge on any atom is -0.456 e. The Labute approximate surface area is 103 Å². The largest absolute Gasteiger partial charge is 0.456 e. The highest BCUT2D eigenvalue weighted by Gasteiger charge is 2.41. The number of likely N-dealkylation sites (tertiary alicyclic amines) is 1. The Morgan fingerprint density at radius 2 is 2.17 bits per heavy atom. The van der Waals surface area contributed by atoms with Crippen molar-refractivity contribution >= 4 is 5.91 Å². The van der Waals surface area contributed by atoms with Crippen molar-refractivity contribution in [3.05, 3.63) is 23.2 Å². The SMILES string of the molecule is Cc1cc(C(=O)N2CCCC2C)c(C(F)(F)F)o1. The van der Waals surface area contributed by atoms with E-state index < -0.39 is 17.8 Å². The Hall–Kier alpha value is -1.46. The minimum absolute atomic E-state index is 0.0196. The average Bonchev–Trinajstić information content (AvgIpc) is 2.82. The Kier molecular flexibility index (Phi) is 3.12. The van der Waals surface area contributed by atoms with Gasteiger partial charge in [0.05, 0.1) is 5.56 Å². The molecule has 0 radical (unpaired) electrons. The number of aryl methyl sites for hydroxylation is 1. The van der Waals surface area contributed by atoms with Crippen molar-refractivity contribution in [3.8, 4) is 0 Å². The molecule has 2 heterocycles. The van der Waals surface area contributed by atoms with Crippen LogP contribution in [0.3, 0.4) is 0 Å². The van der Waals surface area contributed by atoms with Gasteiger partial charge in [-0.1, -0.05) is 0 Å². The molecule has 1 aromatic rings. The quantitative estimate of drug-likeness (QED) is 0.777. The third-order valence-corrected chi connectivity index (χ3v) is 3.16. The van der Waals surface area contributed by atoms with Gasteiger partial charge < -0.3 is 9.32 Å². The summed E-state index contributed by atoms with van der Waals surface area (Å²) in [4.78, 5) is 13.6. The highest BCUT2D eigenvalue weighted by atomic mass is 19.4. The third kappa shape index (κ3) is 2.23. The number of furan rings is 1. The Morgan fingerprint density at radius 3 is 2.67 bits per heavy atom. The fraction of sp³-hybridized carbons (Fsp3) is 0.583. The van der Waals surface area contributed by atoms with Crippen molar-refractivity contribution in [1.82, 2.24) is 4.90 Å². The maximum atomic E-state index is 12.7. The normalized spacial score (nSPS) is 20.5. The van der Waals surface area contributed by atoms with Gasteiger partial charge in [-0.15, -0.1) is 0 Å². The van der Waals surface area contributed by atoms with E-state index in [4.69, 9.17) is 0 Å². The van der Waals surface area contributed by atoms with Crippen molar-refractivity contribution in [2.45, 2.75) is 38.9 Å². The summed E-state index contributed by atoms with van der Waals surface area (Å²) in [7, 11) is 0. The molecular weight excluding hydrogens is 247 g/mol. The highest BCUT2D eigenvalue weighted by molar-refractivity contribution is 5.96. The zero-order valence-corrected chi connectivity index (χ0v) is 10.2. The van der Waals surface area contributed by atoms with Crippen LogP contribution in [0.1, 0.15) is 41.6 Å². The molecule has 1 saturated heterocycles. The molecule has 0 aromatic carbocycles. The molecule has 0 spiro atoms. The van der Waals surface area contributed by atoms with Gasteiger partial charge in [-0.3, -0.25) is 4.79 Å². The molecule has 0 N–H and O–H groups in total. The lowest BCUT2D eigenvalue weighted by molar-refractivity contribution is -0.153. The van der Waals surface area contributed by atoms with Crippen molar-refractivity contribution in [2.75, 3.05) is 6.54 Å². The van der Waals surface area contributed by atoms with Crippen molar-refractivity contribution in [3.63, 3.8) is 0 Å². The fourth-order valence-corrected chi connectivity index (χ4v) is 2.27. The van der Waals surface area contributed by atoms with Crippen molar-refractivity contribution in [1.29, 1.82) is 0 Å². The first-order valence-electron chi connectivity index (χ1n) is 5.79. The van der Waals surface area contributed by atoms with E-state index in [1.807, 2.05) is 6.92 Å². The molecule has 0 saturated carbocycles. The van der Waals surface area contributed by atoms with E-state index in [0.717, 1.165) is 18.9 Å². The van der Waals surface area contributed by atoms with E-state index in [-0.39, 0.29) is 17.4 Å². The predicted octanol–water partition coefficient (Wildman–Crippen LogP) is 3.23. The number of rotatable bonds is 1. The van der Waals surface area contributed by atoms with Crippen molar-refractivity contribution < 1.29 is 22.4 Å². The molecule has 0 aliphatic carbocycles. The van der Waals surface area contributed by atoms with Crippen LogP contribution in [0.15, 0.2) is 10.5 Å². The van der Waals surface area contributed by atoms with Crippen molar-refractivity contribution in [2.24, 2.45) is 0 Å². The molecule has 18 heavy (non-hydrogen) atoms. The van der Waals surface area contributed by atoms with Crippen LogP contribution in [0, 0.1) is 6.92 Å². The summed E-state index contributed by atoms with van der Waals surface area (Å²) in [5.74, 6) is -1.69. The summed E-state index contributed by atoms with van der Waals surface area (Å²) in [6.07, 6.45) is -2.99. The molecule has 2 rings (SSSR count). The maximum Gasteiger partial charge on any atom is 0.450 e. The summed E-state index contributed by atoms with van der Waals surface area (Å²) in [6.45, 7) is 3.74. The lowest BCUT2D eigenvalue weighted by Crippen LogP contribution is -2.34. The number of alkyl halides is 3. The zero-order chi connectivity index (χ0) is 13.5. The van der Waals surface area contributed by atoms with E-state index >= 15 is 0 Å². The van der Waals surface area contributed by atoms with Gasteiger partial charge in [0.2, 0.25) is 5.76 Å². The van der Waals surface area contributed by atoms with Gasteiger partial charge in [0.15, 0.2) is 0 Å². The van der Waals surface area contributed by atoms with E-state index in [9.17, 15) is 18.0 Å². The molecule has 100 valence electrons. The van der Waals surface area contributed by atoms with Crippen LogP contribution in [-0.2, 0) is 6.18 Å². The lowest BCUT2D eigenvalue weighted by atomic mass is 10.2. The summed E-state index contributed by atoms with van der Waals surface area (Å²) >= 11 is 0. The third-order valence-electron chi connectivity index (χ3n) is 3.16. The highest BCUT2D eigenvalue weighted by Crippen LogP contribution is 2.35. The average molecular weight is 261 g/mol. The smallest absolute Gasteiger partial charge is 0.450 e. The number of carbonyl (C=O) groups is 1. The zero-order valence-electron chi connectivity index (χ0n) is 10.2. The number of halogens is 3. The van der Waals surface area contributed by atoms with Crippen LogP contribution < -0.4 is 0 Å². The standard InChI is InChI=1S/C12H14F3NO2/c1-7-4-3-5-16(7)11(17)9-6-8(2)18-10(9)12(13,14)15/h6-7H,3-5H2,1-2H3. The topological polar surface area (TPSA) is 33.5 Å². The van der Waals surface area contributed by atoms with Gasteiger partial charge in [0.1, 0.15) is 5.76 Å². The van der Waals surface area contributed by atoms with Gasteiger partial charge in [-0.2, -0.15) is 13.2 Å². The van der Waals surface area contributed by atoms with Crippen LogP contribution >= 0.6 is 0 Å². The summed E-state index contributed by atoms with van der Waals surface area (Å²) in [5.41, 5.74) is -0.381. The van der Waals surface area contributed by atoms with Crippen LogP contribution in [0.2, 0.25) is 0 Å². The lowest BCUT2D eigenvalue weighted by Gasteiger charge is -2.21. The van der Waals surface area contributed by atoms with E-state index in [2.05, 4.69) is 4.42 Å². The van der Waals surface area contributed by atoms with Crippen LogP contribution in [0.25, 0.3) is 0 Å². The Balaban J connectivity index is 2.36. The number of amides is 1. The molecule has 1 aliphatic heterocycles. The molecule has 1 amide bonds. The van der Waals surface area contributed by atoms with E-state index in [1.165, 1.54) is 11.8 Å². The molecule has 3 nitrogen and oxygen atoms in total. The molecule has 1 atom stereocenters. The van der Waals surface area contributed by atoms with Crippen LogP contribution in [-0.4, -0.2) is 23.4 Å². The van der Waals surface area contributed by atoms with Gasteiger partial charge in [0.25, 0.3) is 5.91 Å². The van der Waals surface area contributed by atoms with Gasteiger partial charge >= 0.3 is 6.18 Å². The fourth-order valence-electron chi connectivity index (χ4n) is 2.27. The van der Waals surface area contributed by atoms with Crippen LogP contribution in [0.4, 0.5) is 13.2 Å². The summed E-state index contributed by atoms with van der Waals surface area (Å²) < 4.78 is 42.8. The molecule has 0 bridgehead atoms. The molecule has 1 aromatic heterocycles. The first-order valence-corrected chi connectivity index (χ1v) is 5.79. The van der Waals surface area contributed by atoms with Crippen LogP contribution in [0.5, 0.6) is 0 Å². The number of carbonyl (C=O) groups excluding carboxylic acids is 1. The number of hydrogen-bond donors (Lipinski definition) is 0. The van der Waals surface area contributed by atoms with Gasteiger partial charge in [-0.05, 0) is 32.8 Å². The van der Waals surface area contributed by atoms with E-state index in [1.54, 1.807) is 0 Å². The Bertz CT molecular complexity index is 464. The molecule has 6 heteroatoms. The van der Waals surface area contributed by atoms with E-state index in [0.29, 0.717) is 6.54 Å². The first kappa shape index (κ1) is 13.0. The Morgan fingerprint density at radius 1 is 1.50 bits per heavy atom. The van der Waals surface area contributed by atoms with Gasteiger partial charge in [-0.25, -0.2) is 0 Å². The monoisotopic (exact) mass is 261 g/mol. The molecule has 1 aliphatic rings. The minimum atomic E-state index is -4.64. The predicted molar refractivity (Wildman–Crippen MR) is 58.2 cm³/mol. The first-order chi connectivity index (χ1) is 8.30. The maximum absolute atomic E-state index is 12.7. The van der Waals surface area contributed by atoms with Gasteiger partial charge in [0, 0.05) is 12.6 Å². The molecular formula is C12H14F3NO2. The second kappa shape index (κ2) is 4.33. The molecule has 1 unspecified atom stereocenters. The second-order valence-electron chi connectivity index (χ2n) is 4.59. The summed E-state index contributed by atoms with van der Waals surface area (Å²) in [5, 5.41) is 0. The second-order valence-corrected chi connectivity index (χ2v) is 4.59. The number of hydrogen-bond acceptors (Lipinski definition) is 2.